The van der Waals surface area contributed by atoms with Crippen molar-refractivity contribution in [3.05, 3.63) is 237 Å². The number of benzene rings is 11. The van der Waals surface area contributed by atoms with Gasteiger partial charge in [0, 0.05) is 33.2 Å². The predicted octanol–water partition coefficient (Wildman–Crippen LogP) is 16.5. The van der Waals surface area contributed by atoms with Crippen molar-refractivity contribution >= 4 is 64.9 Å². The first kappa shape index (κ1) is 36.9. The Kier molecular flexibility index (Phi) is 8.53. The van der Waals surface area contributed by atoms with E-state index in [9.17, 15) is 0 Å². The van der Waals surface area contributed by atoms with Crippen molar-refractivity contribution in [2.75, 3.05) is 0 Å². The Hall–Kier alpha value is -8.66. The summed E-state index contributed by atoms with van der Waals surface area (Å²) in [5.41, 5.74) is 13.1. The summed E-state index contributed by atoms with van der Waals surface area (Å²) in [6, 6.07) is 85.3. The molecular formula is C62H39N3. The Morgan fingerprint density at radius 1 is 0.277 bits per heavy atom. The second-order valence-corrected chi connectivity index (χ2v) is 16.9. The van der Waals surface area contributed by atoms with Crippen molar-refractivity contribution < 1.29 is 0 Å². The van der Waals surface area contributed by atoms with Crippen molar-refractivity contribution in [3.8, 4) is 61.8 Å². The van der Waals surface area contributed by atoms with Crippen LogP contribution in [0.15, 0.2) is 237 Å². The lowest BCUT2D eigenvalue weighted by Gasteiger charge is -2.16. The number of para-hydroxylation sites is 1. The third-order valence-corrected chi connectivity index (χ3v) is 13.2. The molecule has 302 valence electrons. The second kappa shape index (κ2) is 15.0. The number of aromatic nitrogens is 3. The predicted molar refractivity (Wildman–Crippen MR) is 274 cm³/mol. The van der Waals surface area contributed by atoms with Gasteiger partial charge in [0.05, 0.1) is 22.4 Å². The van der Waals surface area contributed by atoms with Gasteiger partial charge >= 0.3 is 0 Å². The molecule has 0 radical (unpaired) electrons. The minimum atomic E-state index is 0.700. The molecule has 0 aliphatic carbocycles. The molecule has 0 unspecified atom stereocenters. The first-order valence-electron chi connectivity index (χ1n) is 22.2. The number of nitrogens with zero attached hydrogens (tertiary/aromatic N) is 3. The fraction of sp³-hybridized carbons (Fsp3) is 0. The molecular weight excluding hydrogens is 787 g/mol. The molecule has 65 heavy (non-hydrogen) atoms. The number of hydrogen-bond acceptors (Lipinski definition) is 2. The number of rotatable bonds is 6. The monoisotopic (exact) mass is 825 g/mol. The van der Waals surface area contributed by atoms with Crippen LogP contribution in [0.4, 0.5) is 0 Å². The quantitative estimate of drug-likeness (QED) is 0.156. The molecule has 0 fully saturated rings. The summed E-state index contributed by atoms with van der Waals surface area (Å²) in [4.78, 5) is 10.6. The van der Waals surface area contributed by atoms with Crippen LogP contribution in [0, 0.1) is 0 Å². The molecule has 3 nitrogen and oxygen atoms in total. The fourth-order valence-corrected chi connectivity index (χ4v) is 10.1. The Balaban J connectivity index is 1.00. The molecule has 0 aliphatic heterocycles. The van der Waals surface area contributed by atoms with Gasteiger partial charge in [-0.2, -0.15) is 0 Å². The summed E-state index contributed by atoms with van der Waals surface area (Å²) < 4.78 is 2.42. The molecule has 0 saturated carbocycles. The summed E-state index contributed by atoms with van der Waals surface area (Å²) in [6.07, 6.45) is 0. The van der Waals surface area contributed by atoms with E-state index in [4.69, 9.17) is 9.97 Å². The van der Waals surface area contributed by atoms with Crippen molar-refractivity contribution in [1.82, 2.24) is 14.5 Å². The molecule has 0 spiro atoms. The zero-order valence-electron chi connectivity index (χ0n) is 35.4. The van der Waals surface area contributed by atoms with Crippen molar-refractivity contribution in [2.45, 2.75) is 0 Å². The Morgan fingerprint density at radius 2 is 0.831 bits per heavy atom. The van der Waals surface area contributed by atoms with Gasteiger partial charge in [0.1, 0.15) is 0 Å². The van der Waals surface area contributed by atoms with E-state index in [-0.39, 0.29) is 0 Å². The normalized spacial score (nSPS) is 11.7. The van der Waals surface area contributed by atoms with Gasteiger partial charge in [-0.3, -0.25) is 0 Å². The minimum absolute atomic E-state index is 0.700. The van der Waals surface area contributed by atoms with E-state index in [0.29, 0.717) is 5.82 Å². The molecule has 3 heteroatoms. The van der Waals surface area contributed by atoms with Crippen molar-refractivity contribution in [2.24, 2.45) is 0 Å². The fourth-order valence-electron chi connectivity index (χ4n) is 10.1. The topological polar surface area (TPSA) is 30.7 Å². The summed E-state index contributed by atoms with van der Waals surface area (Å²) >= 11 is 0. The smallest absolute Gasteiger partial charge is 0.160 e. The van der Waals surface area contributed by atoms with Gasteiger partial charge in [-0.1, -0.05) is 200 Å². The van der Waals surface area contributed by atoms with Gasteiger partial charge < -0.3 is 4.57 Å². The average Bonchev–Trinajstić information content (AvgIpc) is 3.72. The summed E-state index contributed by atoms with van der Waals surface area (Å²) in [6.45, 7) is 0. The zero-order valence-corrected chi connectivity index (χ0v) is 35.4. The highest BCUT2D eigenvalue weighted by Gasteiger charge is 2.19. The van der Waals surface area contributed by atoms with E-state index in [0.717, 1.165) is 33.8 Å². The van der Waals surface area contributed by atoms with E-state index in [1.54, 1.807) is 0 Å². The molecule has 0 amide bonds. The molecule has 0 atom stereocenters. The van der Waals surface area contributed by atoms with Gasteiger partial charge in [0.15, 0.2) is 5.82 Å². The third kappa shape index (κ3) is 6.20. The van der Waals surface area contributed by atoms with Crippen LogP contribution in [0.5, 0.6) is 0 Å². The van der Waals surface area contributed by atoms with E-state index in [1.165, 1.54) is 87.1 Å². The van der Waals surface area contributed by atoms with Crippen LogP contribution >= 0.6 is 0 Å². The van der Waals surface area contributed by atoms with E-state index in [1.807, 2.05) is 6.07 Å². The maximum atomic E-state index is 5.35. The second-order valence-electron chi connectivity index (χ2n) is 16.9. The van der Waals surface area contributed by atoms with Crippen molar-refractivity contribution in [3.63, 3.8) is 0 Å². The minimum Gasteiger partial charge on any atom is -0.309 e. The Bertz CT molecular complexity index is 3980. The highest BCUT2D eigenvalue weighted by atomic mass is 15.0. The van der Waals surface area contributed by atoms with Gasteiger partial charge in [0.25, 0.3) is 0 Å². The molecule has 0 N–H and O–H groups in total. The van der Waals surface area contributed by atoms with Crippen LogP contribution in [0.2, 0.25) is 0 Å². The highest BCUT2D eigenvalue weighted by Crippen LogP contribution is 2.43. The average molecular weight is 826 g/mol. The molecule has 0 saturated heterocycles. The van der Waals surface area contributed by atoms with E-state index >= 15 is 0 Å². The summed E-state index contributed by atoms with van der Waals surface area (Å²) in [5, 5.41) is 12.2. The van der Waals surface area contributed by atoms with Gasteiger partial charge in [-0.25, -0.2) is 9.97 Å². The van der Waals surface area contributed by atoms with Crippen LogP contribution in [0.3, 0.4) is 0 Å². The number of hydrogen-bond donors (Lipinski definition) is 0. The lowest BCUT2D eigenvalue weighted by atomic mass is 9.89. The molecule has 13 aromatic rings. The van der Waals surface area contributed by atoms with Gasteiger partial charge in [0.2, 0.25) is 0 Å². The largest absolute Gasteiger partial charge is 0.309 e. The van der Waals surface area contributed by atoms with Crippen molar-refractivity contribution in [1.29, 1.82) is 0 Å². The first-order valence-corrected chi connectivity index (χ1v) is 22.2. The first-order chi connectivity index (χ1) is 32.2. The molecule has 0 aliphatic rings. The van der Waals surface area contributed by atoms with Gasteiger partial charge in [-0.15, -0.1) is 0 Å². The lowest BCUT2D eigenvalue weighted by molar-refractivity contribution is 1.18. The van der Waals surface area contributed by atoms with Crippen LogP contribution in [-0.4, -0.2) is 14.5 Å². The maximum Gasteiger partial charge on any atom is 0.160 e. The Morgan fingerprint density at radius 3 is 1.63 bits per heavy atom. The summed E-state index contributed by atoms with van der Waals surface area (Å²) in [7, 11) is 0. The van der Waals surface area contributed by atoms with Crippen LogP contribution in [-0.2, 0) is 0 Å². The molecule has 2 heterocycles. The lowest BCUT2D eigenvalue weighted by Crippen LogP contribution is -1.97. The zero-order chi connectivity index (χ0) is 42.8. The molecule has 11 aromatic carbocycles. The standard InChI is InChI=1S/C62H39N3/c1-3-14-40(15-4-1)42-26-28-43(29-27-42)57-39-58(64-62(63-57)44-17-5-2-6-18-44)55-24-13-23-53-49-20-9-10-21-50(49)56-37-46(32-35-54(56)61(53)55)47-31-34-52-51-22-11-12-25-59(51)65(60(52)38-47)48-33-30-41-16-7-8-19-45(41)36-48/h1-39H. The third-order valence-electron chi connectivity index (χ3n) is 13.2. The van der Waals surface area contributed by atoms with Gasteiger partial charge in [-0.05, 0) is 102 Å². The SMILES string of the molecule is c1ccc(-c2ccc(-c3cc(-c4cccc5c6ccccc6c6cc(-c7ccc8c9ccccc9n(-c9ccc%10ccccc%10c9)c8c7)ccc6c45)nc(-c4ccccc4)n3)cc2)cc1. The Labute approximate surface area is 376 Å². The number of fused-ring (bicyclic) bond motifs is 10. The van der Waals surface area contributed by atoms with E-state index < -0.39 is 0 Å². The molecule has 13 rings (SSSR count). The highest BCUT2D eigenvalue weighted by molar-refractivity contribution is 6.29. The van der Waals surface area contributed by atoms with Crippen LogP contribution < -0.4 is 0 Å². The molecule has 2 aromatic heterocycles. The maximum absolute atomic E-state index is 5.35. The molecule has 0 bridgehead atoms. The van der Waals surface area contributed by atoms with Crippen LogP contribution in [0.1, 0.15) is 0 Å². The van der Waals surface area contributed by atoms with Crippen LogP contribution in [0.25, 0.3) is 127 Å². The van der Waals surface area contributed by atoms with E-state index in [2.05, 4.69) is 235 Å². The summed E-state index contributed by atoms with van der Waals surface area (Å²) in [5.74, 6) is 0.700.